The minimum atomic E-state index is -1.09. The second-order valence-corrected chi connectivity index (χ2v) is 8.05. The Labute approximate surface area is 173 Å². The van der Waals surface area contributed by atoms with Crippen LogP contribution in [0, 0.1) is 6.92 Å². The van der Waals surface area contributed by atoms with E-state index in [-0.39, 0.29) is 1.43 Å². The molecule has 6 nitrogen and oxygen atoms in total. The van der Waals surface area contributed by atoms with E-state index < -0.39 is 10.8 Å². The lowest BCUT2D eigenvalue weighted by Gasteiger charge is -2.09. The van der Waals surface area contributed by atoms with Crippen LogP contribution in [-0.4, -0.2) is 30.1 Å². The number of hydrogen-bond donors (Lipinski definition) is 0. The van der Waals surface area contributed by atoms with Gasteiger partial charge < -0.3 is 4.42 Å². The van der Waals surface area contributed by atoms with Crippen LogP contribution in [0.2, 0.25) is 0 Å². The Balaban J connectivity index is 0.00000256. The van der Waals surface area contributed by atoms with E-state index in [1.165, 1.54) is 0 Å². The molecule has 4 aromatic rings. The van der Waals surface area contributed by atoms with Crippen LogP contribution >= 0.6 is 0 Å². The number of aromatic nitrogens is 4. The molecule has 4 rings (SSSR count). The quantitative estimate of drug-likeness (QED) is 0.451. The van der Waals surface area contributed by atoms with E-state index in [4.69, 9.17) is 9.40 Å². The molecular formula is C22H22N4O2S. The van der Waals surface area contributed by atoms with E-state index in [2.05, 4.69) is 15.2 Å². The van der Waals surface area contributed by atoms with Crippen LogP contribution in [0.5, 0.6) is 0 Å². The maximum absolute atomic E-state index is 12.6. The molecule has 0 saturated heterocycles. The topological polar surface area (TPSA) is 81.8 Å². The monoisotopic (exact) mass is 406 g/mol. The number of nitrogens with zero attached hydrogens (tertiary/aromatic N) is 4. The predicted molar refractivity (Wildman–Crippen MR) is 115 cm³/mol. The normalized spacial score (nSPS) is 12.1. The number of benzene rings is 2. The molecule has 2 aromatic heterocycles. The van der Waals surface area contributed by atoms with Gasteiger partial charge in [-0.1, -0.05) is 43.3 Å². The lowest BCUT2D eigenvalue weighted by molar-refractivity contribution is 0.581. The average molecular weight is 407 g/mol. The van der Waals surface area contributed by atoms with Gasteiger partial charge in [-0.2, -0.15) is 0 Å². The first-order valence-corrected chi connectivity index (χ1v) is 10.7. The van der Waals surface area contributed by atoms with Gasteiger partial charge in [-0.05, 0) is 31.5 Å². The highest BCUT2D eigenvalue weighted by Gasteiger charge is 2.18. The maximum atomic E-state index is 12.6. The summed E-state index contributed by atoms with van der Waals surface area (Å²) in [5.41, 5.74) is 3.48. The van der Waals surface area contributed by atoms with Gasteiger partial charge in [0.05, 0.1) is 28.4 Å². The van der Waals surface area contributed by atoms with Gasteiger partial charge in [-0.3, -0.25) is 9.19 Å². The fourth-order valence-corrected chi connectivity index (χ4v) is 4.21. The van der Waals surface area contributed by atoms with E-state index in [1.54, 1.807) is 6.20 Å². The Morgan fingerprint density at radius 1 is 1.00 bits per heavy atom. The highest BCUT2D eigenvalue weighted by Crippen LogP contribution is 2.29. The Bertz CT molecular complexity index is 1160. The highest BCUT2D eigenvalue weighted by atomic mass is 32.2. The first kappa shape index (κ1) is 19.1. The summed E-state index contributed by atoms with van der Waals surface area (Å²) in [5.74, 6) is 1.34. The molecule has 29 heavy (non-hydrogen) atoms. The van der Waals surface area contributed by atoms with Crippen LogP contribution in [0.1, 0.15) is 20.5 Å². The summed E-state index contributed by atoms with van der Waals surface area (Å²) in [7, 11) is -1.09. The van der Waals surface area contributed by atoms with Crippen molar-refractivity contribution in [3.63, 3.8) is 0 Å². The zero-order valence-corrected chi connectivity index (χ0v) is 17.0. The van der Waals surface area contributed by atoms with Crippen molar-refractivity contribution in [3.05, 3.63) is 66.5 Å². The van der Waals surface area contributed by atoms with Crippen LogP contribution in [-0.2, 0) is 10.8 Å². The number of hydrogen-bond acceptors (Lipinski definition) is 6. The van der Waals surface area contributed by atoms with Crippen LogP contribution in [0.3, 0.4) is 0 Å². The lowest BCUT2D eigenvalue weighted by Crippen LogP contribution is -2.01. The first-order chi connectivity index (χ1) is 14.2. The molecule has 0 radical (unpaired) electrons. The Kier molecular flexibility index (Phi) is 5.57. The van der Waals surface area contributed by atoms with Crippen LogP contribution in [0.4, 0.5) is 0 Å². The predicted octanol–water partition coefficient (Wildman–Crippen LogP) is 4.93. The SMILES string of the molecule is CCCS(=O)c1ccccc1-c1cnc(C)c(-c2nnc(-c3ccccc3)o2)n1.[HH]. The third kappa shape index (κ3) is 4.00. The van der Waals surface area contributed by atoms with Gasteiger partial charge in [-0.25, -0.2) is 4.98 Å². The van der Waals surface area contributed by atoms with Crippen molar-refractivity contribution < 1.29 is 10.1 Å². The van der Waals surface area contributed by atoms with Crippen molar-refractivity contribution >= 4 is 10.8 Å². The summed E-state index contributed by atoms with van der Waals surface area (Å²) in [4.78, 5) is 9.96. The van der Waals surface area contributed by atoms with Gasteiger partial charge >= 0.3 is 0 Å². The summed E-state index contributed by atoms with van der Waals surface area (Å²) < 4.78 is 18.5. The summed E-state index contributed by atoms with van der Waals surface area (Å²) in [6, 6.07) is 17.2. The lowest BCUT2D eigenvalue weighted by atomic mass is 10.1. The summed E-state index contributed by atoms with van der Waals surface area (Å²) >= 11 is 0. The molecule has 2 heterocycles. The Hall–Kier alpha value is -3.19. The summed E-state index contributed by atoms with van der Waals surface area (Å²) in [6.07, 6.45) is 2.53. The summed E-state index contributed by atoms with van der Waals surface area (Å²) in [6.45, 7) is 3.86. The molecule has 0 saturated carbocycles. The van der Waals surface area contributed by atoms with Crippen molar-refractivity contribution in [2.24, 2.45) is 0 Å². The standard InChI is InChI=1S/C22H20N4O2S.H2/c1-3-13-29(27)19-12-8-7-11-17(19)18-14-23-15(2)20(24-18)22-26-25-21(28-22)16-9-5-4-6-10-16;/h4-12,14H,3,13H2,1-2H3;1H. The molecule has 0 spiro atoms. The molecule has 0 bridgehead atoms. The van der Waals surface area contributed by atoms with E-state index in [1.807, 2.05) is 68.4 Å². The first-order valence-electron chi connectivity index (χ1n) is 9.38. The molecular weight excluding hydrogens is 384 g/mol. The fraction of sp³-hybridized carbons (Fsp3) is 0.182. The zero-order chi connectivity index (χ0) is 20.2. The second kappa shape index (κ2) is 8.45. The highest BCUT2D eigenvalue weighted by molar-refractivity contribution is 7.85. The third-order valence-corrected chi connectivity index (χ3v) is 6.03. The van der Waals surface area contributed by atoms with Crippen LogP contribution in [0.25, 0.3) is 34.3 Å². The Morgan fingerprint density at radius 3 is 2.52 bits per heavy atom. The summed E-state index contributed by atoms with van der Waals surface area (Å²) in [5, 5.41) is 8.31. The molecule has 2 aromatic carbocycles. The molecule has 0 aliphatic heterocycles. The molecule has 7 heteroatoms. The van der Waals surface area contributed by atoms with Gasteiger partial charge in [0.25, 0.3) is 5.89 Å². The number of aryl methyl sites for hydroxylation is 1. The van der Waals surface area contributed by atoms with Crippen molar-refractivity contribution in [3.8, 4) is 34.3 Å². The van der Waals surface area contributed by atoms with Gasteiger partial charge in [0.15, 0.2) is 0 Å². The van der Waals surface area contributed by atoms with Gasteiger partial charge in [0.2, 0.25) is 5.89 Å². The van der Waals surface area contributed by atoms with Crippen molar-refractivity contribution in [1.82, 2.24) is 20.2 Å². The van der Waals surface area contributed by atoms with Gasteiger partial charge in [-0.15, -0.1) is 10.2 Å². The molecule has 1 atom stereocenters. The minimum absolute atomic E-state index is 0. The van der Waals surface area contributed by atoms with Crippen molar-refractivity contribution in [2.45, 2.75) is 25.2 Å². The maximum Gasteiger partial charge on any atom is 0.268 e. The Morgan fingerprint density at radius 2 is 1.72 bits per heavy atom. The molecule has 0 amide bonds. The van der Waals surface area contributed by atoms with Crippen LogP contribution in [0.15, 0.2) is 70.1 Å². The van der Waals surface area contributed by atoms with E-state index in [9.17, 15) is 4.21 Å². The van der Waals surface area contributed by atoms with Crippen molar-refractivity contribution in [2.75, 3.05) is 5.75 Å². The van der Waals surface area contributed by atoms with E-state index >= 15 is 0 Å². The van der Waals surface area contributed by atoms with Gasteiger partial charge in [0, 0.05) is 23.2 Å². The zero-order valence-electron chi connectivity index (χ0n) is 16.2. The fourth-order valence-electron chi connectivity index (χ4n) is 2.97. The molecule has 0 aliphatic rings. The average Bonchev–Trinajstić information content (AvgIpc) is 3.25. The third-order valence-electron chi connectivity index (χ3n) is 4.40. The second-order valence-electron chi connectivity index (χ2n) is 6.51. The minimum Gasteiger partial charge on any atom is -0.415 e. The molecule has 0 N–H and O–H groups in total. The van der Waals surface area contributed by atoms with E-state index in [0.29, 0.717) is 34.6 Å². The smallest absolute Gasteiger partial charge is 0.268 e. The van der Waals surface area contributed by atoms with Crippen LogP contribution < -0.4 is 0 Å². The molecule has 1 unspecified atom stereocenters. The number of rotatable bonds is 6. The molecule has 0 fully saturated rings. The molecule has 0 aliphatic carbocycles. The largest absolute Gasteiger partial charge is 0.415 e. The molecule has 148 valence electrons. The van der Waals surface area contributed by atoms with Gasteiger partial charge in [0.1, 0.15) is 5.69 Å². The van der Waals surface area contributed by atoms with E-state index in [0.717, 1.165) is 22.4 Å². The van der Waals surface area contributed by atoms with Crippen molar-refractivity contribution in [1.29, 1.82) is 0 Å².